The van der Waals surface area contributed by atoms with Crippen LogP contribution in [0.15, 0.2) is 24.3 Å². The van der Waals surface area contributed by atoms with Gasteiger partial charge in [-0.05, 0) is 37.8 Å². The van der Waals surface area contributed by atoms with Gasteiger partial charge in [0.05, 0.1) is 12.2 Å². The van der Waals surface area contributed by atoms with Crippen molar-refractivity contribution >= 4 is 18.3 Å². The quantitative estimate of drug-likeness (QED) is 0.928. The molecule has 1 atom stereocenters. The van der Waals surface area contributed by atoms with Gasteiger partial charge in [0.2, 0.25) is 0 Å². The summed E-state index contributed by atoms with van der Waals surface area (Å²) in [5.41, 5.74) is 0.697. The summed E-state index contributed by atoms with van der Waals surface area (Å²) < 4.78 is 5.84. The highest BCUT2D eigenvalue weighted by Gasteiger charge is 2.26. The Hall–Kier alpha value is -1.26. The molecule has 116 valence electrons. The third-order valence-electron chi connectivity index (χ3n) is 3.94. The van der Waals surface area contributed by atoms with E-state index in [4.69, 9.17) is 4.74 Å². The number of nitrogens with zero attached hydrogens (tertiary/aromatic N) is 1. The second-order valence-electron chi connectivity index (χ2n) is 5.86. The fourth-order valence-corrected chi connectivity index (χ4v) is 2.55. The molecule has 1 unspecified atom stereocenters. The summed E-state index contributed by atoms with van der Waals surface area (Å²) in [6, 6.07) is 7.97. The molecule has 0 radical (unpaired) electrons. The van der Waals surface area contributed by atoms with Gasteiger partial charge in [-0.1, -0.05) is 12.1 Å². The molecule has 1 heterocycles. The van der Waals surface area contributed by atoms with E-state index in [1.54, 1.807) is 0 Å². The van der Waals surface area contributed by atoms with Gasteiger partial charge in [0.15, 0.2) is 0 Å². The molecule has 1 amide bonds. The first-order valence-corrected chi connectivity index (χ1v) is 7.48. The maximum Gasteiger partial charge on any atom is 0.257 e. The van der Waals surface area contributed by atoms with E-state index < -0.39 is 0 Å². The number of halogens is 1. The van der Waals surface area contributed by atoms with Crippen LogP contribution in [-0.4, -0.2) is 43.1 Å². The first-order valence-electron chi connectivity index (χ1n) is 7.48. The van der Waals surface area contributed by atoms with E-state index in [1.165, 1.54) is 12.8 Å². The van der Waals surface area contributed by atoms with Crippen LogP contribution in [-0.2, 0) is 0 Å². The van der Waals surface area contributed by atoms with Crippen LogP contribution in [0.25, 0.3) is 0 Å². The molecule has 0 bridgehead atoms. The van der Waals surface area contributed by atoms with Crippen LogP contribution in [0.3, 0.4) is 0 Å². The van der Waals surface area contributed by atoms with Gasteiger partial charge in [-0.2, -0.15) is 0 Å². The summed E-state index contributed by atoms with van der Waals surface area (Å²) >= 11 is 0. The van der Waals surface area contributed by atoms with E-state index >= 15 is 0 Å². The lowest BCUT2D eigenvalue weighted by Crippen LogP contribution is -2.51. The lowest BCUT2D eigenvalue weighted by Gasteiger charge is -2.32. The SMILES string of the molecule is CC1CN(C(=O)c2ccccc2OCC2CC2)CCN1.Cl. The third kappa shape index (κ3) is 4.11. The fraction of sp³-hybridized carbons (Fsp3) is 0.562. The van der Waals surface area contributed by atoms with Gasteiger partial charge < -0.3 is 15.0 Å². The van der Waals surface area contributed by atoms with Crippen LogP contribution < -0.4 is 10.1 Å². The molecule has 3 rings (SSSR count). The number of para-hydroxylation sites is 1. The number of hydrogen-bond donors (Lipinski definition) is 1. The zero-order valence-electron chi connectivity index (χ0n) is 12.4. The molecule has 1 aliphatic carbocycles. The molecule has 2 aliphatic rings. The first kappa shape index (κ1) is 16.1. The first-order chi connectivity index (χ1) is 9.74. The molecule has 5 heteroatoms. The standard InChI is InChI=1S/C16H22N2O2.ClH/c1-12-10-18(9-8-17-12)16(19)14-4-2-3-5-15(14)20-11-13-6-7-13;/h2-5,12-13,17H,6-11H2,1H3;1H. The van der Waals surface area contributed by atoms with Crippen molar-refractivity contribution in [3.8, 4) is 5.75 Å². The highest BCUT2D eigenvalue weighted by atomic mass is 35.5. The lowest BCUT2D eigenvalue weighted by molar-refractivity contribution is 0.0704. The number of amides is 1. The Bertz CT molecular complexity index is 491. The summed E-state index contributed by atoms with van der Waals surface area (Å²) in [6.07, 6.45) is 2.51. The van der Waals surface area contributed by atoms with E-state index in [9.17, 15) is 4.79 Å². The van der Waals surface area contributed by atoms with Crippen molar-refractivity contribution in [2.75, 3.05) is 26.2 Å². The number of nitrogens with one attached hydrogen (secondary N) is 1. The highest BCUT2D eigenvalue weighted by molar-refractivity contribution is 5.97. The average Bonchev–Trinajstić information content (AvgIpc) is 3.29. The van der Waals surface area contributed by atoms with Crippen LogP contribution in [0.1, 0.15) is 30.1 Å². The molecular formula is C16H23ClN2O2. The number of carbonyl (C=O) groups is 1. The van der Waals surface area contributed by atoms with Crippen LogP contribution in [0.4, 0.5) is 0 Å². The maximum absolute atomic E-state index is 12.6. The van der Waals surface area contributed by atoms with E-state index in [2.05, 4.69) is 12.2 Å². The molecule has 1 saturated carbocycles. The normalized spacial score (nSPS) is 21.6. The minimum Gasteiger partial charge on any atom is -0.492 e. The number of rotatable bonds is 4. The van der Waals surface area contributed by atoms with E-state index in [1.807, 2.05) is 29.2 Å². The molecule has 21 heavy (non-hydrogen) atoms. The number of carbonyl (C=O) groups excluding carboxylic acids is 1. The highest BCUT2D eigenvalue weighted by Crippen LogP contribution is 2.30. The van der Waals surface area contributed by atoms with Crippen molar-refractivity contribution in [2.24, 2.45) is 5.92 Å². The second kappa shape index (κ2) is 7.14. The largest absolute Gasteiger partial charge is 0.492 e. The lowest BCUT2D eigenvalue weighted by atomic mass is 10.1. The summed E-state index contributed by atoms with van der Waals surface area (Å²) in [5, 5.41) is 3.36. The Morgan fingerprint density at radius 1 is 1.38 bits per heavy atom. The second-order valence-corrected chi connectivity index (χ2v) is 5.86. The van der Waals surface area contributed by atoms with Gasteiger partial charge in [-0.3, -0.25) is 4.79 Å². The fourth-order valence-electron chi connectivity index (χ4n) is 2.55. The minimum atomic E-state index is 0. The predicted molar refractivity (Wildman–Crippen MR) is 85.3 cm³/mol. The minimum absolute atomic E-state index is 0. The van der Waals surface area contributed by atoms with Gasteiger partial charge in [-0.25, -0.2) is 0 Å². The molecule has 1 saturated heterocycles. The van der Waals surface area contributed by atoms with Crippen LogP contribution in [0.2, 0.25) is 0 Å². The number of ether oxygens (including phenoxy) is 1. The van der Waals surface area contributed by atoms with E-state index in [-0.39, 0.29) is 18.3 Å². The van der Waals surface area contributed by atoms with Gasteiger partial charge in [0.1, 0.15) is 5.75 Å². The Balaban J connectivity index is 0.00000161. The van der Waals surface area contributed by atoms with Crippen molar-refractivity contribution in [3.05, 3.63) is 29.8 Å². The van der Waals surface area contributed by atoms with Crippen LogP contribution in [0.5, 0.6) is 5.75 Å². The zero-order valence-corrected chi connectivity index (χ0v) is 13.2. The van der Waals surface area contributed by atoms with E-state index in [0.29, 0.717) is 17.5 Å². The smallest absolute Gasteiger partial charge is 0.257 e. The van der Waals surface area contributed by atoms with Crippen molar-refractivity contribution in [2.45, 2.75) is 25.8 Å². The molecule has 2 fully saturated rings. The van der Waals surface area contributed by atoms with Gasteiger partial charge in [-0.15, -0.1) is 12.4 Å². The number of benzene rings is 1. The zero-order chi connectivity index (χ0) is 13.9. The van der Waals surface area contributed by atoms with Crippen molar-refractivity contribution in [1.29, 1.82) is 0 Å². The number of hydrogen-bond acceptors (Lipinski definition) is 3. The monoisotopic (exact) mass is 310 g/mol. The molecule has 1 aromatic carbocycles. The molecule has 0 aromatic heterocycles. The molecule has 1 N–H and O–H groups in total. The van der Waals surface area contributed by atoms with Gasteiger partial charge >= 0.3 is 0 Å². The van der Waals surface area contributed by atoms with Gasteiger partial charge in [0, 0.05) is 25.7 Å². The molecular weight excluding hydrogens is 288 g/mol. The van der Waals surface area contributed by atoms with Crippen molar-refractivity contribution in [3.63, 3.8) is 0 Å². The van der Waals surface area contributed by atoms with Crippen LogP contribution >= 0.6 is 12.4 Å². The van der Waals surface area contributed by atoms with Gasteiger partial charge in [0.25, 0.3) is 5.91 Å². The van der Waals surface area contributed by atoms with Crippen molar-refractivity contribution < 1.29 is 9.53 Å². The topological polar surface area (TPSA) is 41.6 Å². The molecule has 1 aromatic rings. The van der Waals surface area contributed by atoms with Crippen molar-refractivity contribution in [1.82, 2.24) is 10.2 Å². The maximum atomic E-state index is 12.6. The summed E-state index contributed by atoms with van der Waals surface area (Å²) in [5.74, 6) is 1.51. The predicted octanol–water partition coefficient (Wildman–Crippen LogP) is 2.33. The summed E-state index contributed by atoms with van der Waals surface area (Å²) in [6.45, 7) is 5.23. The van der Waals surface area contributed by atoms with E-state index in [0.717, 1.165) is 32.0 Å². The summed E-state index contributed by atoms with van der Waals surface area (Å²) in [7, 11) is 0. The Kier molecular flexibility index (Phi) is 5.48. The molecule has 1 aliphatic heterocycles. The van der Waals surface area contributed by atoms with Crippen LogP contribution in [0, 0.1) is 5.92 Å². The Labute approximate surface area is 132 Å². The Morgan fingerprint density at radius 2 is 2.14 bits per heavy atom. The average molecular weight is 311 g/mol. The molecule has 4 nitrogen and oxygen atoms in total. The third-order valence-corrected chi connectivity index (χ3v) is 3.94. The Morgan fingerprint density at radius 3 is 2.86 bits per heavy atom. The molecule has 0 spiro atoms. The summed E-state index contributed by atoms with van der Waals surface area (Å²) in [4.78, 5) is 14.6. The number of piperazine rings is 1.